The van der Waals surface area contributed by atoms with Crippen molar-refractivity contribution in [1.82, 2.24) is 0 Å². The molecule has 9 atom stereocenters. The molecule has 5 heteroatoms. The van der Waals surface area contributed by atoms with Gasteiger partial charge in [-0.2, -0.15) is 0 Å². The molecule has 5 aliphatic rings. The van der Waals surface area contributed by atoms with Crippen LogP contribution in [0.5, 0.6) is 0 Å². The van der Waals surface area contributed by atoms with E-state index >= 15 is 0 Å². The van der Waals surface area contributed by atoms with Crippen molar-refractivity contribution in [1.29, 1.82) is 0 Å². The summed E-state index contributed by atoms with van der Waals surface area (Å²) in [5.74, 6) is -0.189. The number of hydrogen-bond acceptors (Lipinski definition) is 4. The quantitative estimate of drug-likeness (QED) is 0.388. The highest BCUT2D eigenvalue weighted by Gasteiger charge is 2.70. The van der Waals surface area contributed by atoms with Crippen molar-refractivity contribution in [2.45, 2.75) is 126 Å². The molecule has 0 aromatic heterocycles. The Morgan fingerprint density at radius 2 is 1.61 bits per heavy atom. The van der Waals surface area contributed by atoms with E-state index in [0.717, 1.165) is 44.9 Å². The van der Waals surface area contributed by atoms with Crippen molar-refractivity contribution in [3.05, 3.63) is 11.6 Å². The van der Waals surface area contributed by atoms with Gasteiger partial charge in [-0.3, -0.25) is 14.4 Å². The number of fused-ring (bicyclic) bond motifs is 7. The number of ketones is 1. The maximum Gasteiger partial charge on any atom is 0.309 e. The van der Waals surface area contributed by atoms with Gasteiger partial charge in [0.25, 0.3) is 0 Å². The monoisotopic (exact) mass is 526 g/mol. The van der Waals surface area contributed by atoms with Gasteiger partial charge in [-0.05, 0) is 104 Å². The third kappa shape index (κ3) is 3.51. The number of carbonyl (C=O) groups excluding carboxylic acids is 2. The summed E-state index contributed by atoms with van der Waals surface area (Å²) in [6.07, 6.45) is 10.4. The Balaban J connectivity index is 1.56. The Morgan fingerprint density at radius 3 is 2.24 bits per heavy atom. The van der Waals surface area contributed by atoms with Crippen molar-refractivity contribution < 1.29 is 24.2 Å². The predicted molar refractivity (Wildman–Crippen MR) is 147 cm³/mol. The van der Waals surface area contributed by atoms with Crippen LogP contribution in [0.15, 0.2) is 11.6 Å². The molecule has 5 rings (SSSR count). The molecule has 0 bridgehead atoms. The third-order valence-electron chi connectivity index (χ3n) is 13.6. The summed E-state index contributed by atoms with van der Waals surface area (Å²) in [6, 6.07) is 0. The summed E-state index contributed by atoms with van der Waals surface area (Å²) in [7, 11) is 0. The lowest BCUT2D eigenvalue weighted by Crippen LogP contribution is -2.66. The standard InChI is InChI=1S/C33H50O5/c1-9-25(35)38-24-11-12-31(6)23(28(24,2)3)10-13-33(8)26(31)22(34)18-20-21-19-30(5,27(36)37)15-14-29(21,4)16-17-32(20,33)7/h18,21,23-24,26H,9-17,19H2,1-8H3,(H,36,37)/t21-,23?,24-,26+,29+,30-,31-,32+,33+/m0/s1. The van der Waals surface area contributed by atoms with Gasteiger partial charge >= 0.3 is 11.9 Å². The van der Waals surface area contributed by atoms with Crippen LogP contribution in [0, 0.1) is 50.2 Å². The average molecular weight is 527 g/mol. The number of carboxylic acids is 1. The van der Waals surface area contributed by atoms with Crippen LogP contribution in [0.25, 0.3) is 0 Å². The minimum atomic E-state index is -0.730. The molecule has 0 saturated heterocycles. The van der Waals surface area contributed by atoms with Crippen LogP contribution < -0.4 is 0 Å². The van der Waals surface area contributed by atoms with Gasteiger partial charge < -0.3 is 9.84 Å². The van der Waals surface area contributed by atoms with E-state index in [-0.39, 0.29) is 56.8 Å². The molecular weight excluding hydrogens is 476 g/mol. The van der Waals surface area contributed by atoms with E-state index in [4.69, 9.17) is 4.74 Å². The van der Waals surface area contributed by atoms with Gasteiger partial charge in [-0.25, -0.2) is 0 Å². The highest BCUT2D eigenvalue weighted by atomic mass is 16.5. The summed E-state index contributed by atoms with van der Waals surface area (Å²) in [5, 5.41) is 10.1. The largest absolute Gasteiger partial charge is 0.481 e. The average Bonchev–Trinajstić information content (AvgIpc) is 2.83. The zero-order valence-corrected chi connectivity index (χ0v) is 25.0. The van der Waals surface area contributed by atoms with E-state index in [1.54, 1.807) is 0 Å². The van der Waals surface area contributed by atoms with Crippen LogP contribution in [0.4, 0.5) is 0 Å². The molecule has 0 spiro atoms. The Hall–Kier alpha value is -1.65. The normalized spacial score (nSPS) is 49.5. The highest BCUT2D eigenvalue weighted by molar-refractivity contribution is 5.95. The molecule has 0 heterocycles. The summed E-state index contributed by atoms with van der Waals surface area (Å²) in [6.45, 7) is 17.8. The second-order valence-electron chi connectivity index (χ2n) is 15.8. The molecule has 5 nitrogen and oxygen atoms in total. The van der Waals surface area contributed by atoms with Gasteiger partial charge in [0.1, 0.15) is 6.10 Å². The molecule has 4 saturated carbocycles. The molecule has 212 valence electrons. The van der Waals surface area contributed by atoms with E-state index in [1.165, 1.54) is 5.57 Å². The Morgan fingerprint density at radius 1 is 0.947 bits per heavy atom. The Kier molecular flexibility index (Phi) is 6.19. The molecule has 5 aliphatic carbocycles. The second kappa shape index (κ2) is 8.43. The molecule has 4 fully saturated rings. The number of allylic oxidation sites excluding steroid dienone is 2. The summed E-state index contributed by atoms with van der Waals surface area (Å²) in [4.78, 5) is 39.0. The molecule has 1 N–H and O–H groups in total. The van der Waals surface area contributed by atoms with Crippen molar-refractivity contribution in [3.8, 4) is 0 Å². The van der Waals surface area contributed by atoms with Crippen LogP contribution in [0.1, 0.15) is 120 Å². The zero-order valence-electron chi connectivity index (χ0n) is 25.0. The summed E-state index contributed by atoms with van der Waals surface area (Å²) in [5.41, 5.74) is -0.0374. The molecule has 0 aromatic carbocycles. The van der Waals surface area contributed by atoms with Crippen LogP contribution in [-0.2, 0) is 19.1 Å². The number of ether oxygens (including phenoxy) is 1. The molecule has 0 amide bonds. The minimum Gasteiger partial charge on any atom is -0.481 e. The van der Waals surface area contributed by atoms with Crippen LogP contribution >= 0.6 is 0 Å². The molecule has 0 radical (unpaired) electrons. The number of carbonyl (C=O) groups is 3. The number of rotatable bonds is 3. The first-order valence-corrected chi connectivity index (χ1v) is 15.2. The smallest absolute Gasteiger partial charge is 0.309 e. The van der Waals surface area contributed by atoms with E-state index in [2.05, 4.69) is 41.5 Å². The van der Waals surface area contributed by atoms with Crippen molar-refractivity contribution >= 4 is 17.7 Å². The van der Waals surface area contributed by atoms with E-state index in [1.807, 2.05) is 19.9 Å². The van der Waals surface area contributed by atoms with Crippen molar-refractivity contribution in [2.24, 2.45) is 50.2 Å². The first-order valence-electron chi connectivity index (χ1n) is 15.2. The number of carboxylic acid groups (broad SMARTS) is 1. The molecule has 0 aliphatic heterocycles. The van der Waals surface area contributed by atoms with Crippen LogP contribution in [-0.4, -0.2) is 28.9 Å². The van der Waals surface area contributed by atoms with E-state index < -0.39 is 11.4 Å². The third-order valence-corrected chi connectivity index (χ3v) is 13.6. The van der Waals surface area contributed by atoms with Gasteiger partial charge in [-0.15, -0.1) is 0 Å². The van der Waals surface area contributed by atoms with Gasteiger partial charge in [0.05, 0.1) is 5.41 Å². The topological polar surface area (TPSA) is 80.7 Å². The summed E-state index contributed by atoms with van der Waals surface area (Å²) < 4.78 is 5.97. The first-order chi connectivity index (χ1) is 17.5. The van der Waals surface area contributed by atoms with Crippen LogP contribution in [0.2, 0.25) is 0 Å². The van der Waals surface area contributed by atoms with Crippen molar-refractivity contribution in [2.75, 3.05) is 0 Å². The molecule has 1 unspecified atom stereocenters. The lowest BCUT2D eigenvalue weighted by molar-refractivity contribution is -0.211. The highest BCUT2D eigenvalue weighted by Crippen LogP contribution is 2.75. The van der Waals surface area contributed by atoms with E-state index in [0.29, 0.717) is 25.2 Å². The Labute approximate surface area is 229 Å². The lowest BCUT2D eigenvalue weighted by Gasteiger charge is -2.70. The molecule has 38 heavy (non-hydrogen) atoms. The zero-order chi connectivity index (χ0) is 28.1. The Bertz CT molecular complexity index is 1090. The minimum absolute atomic E-state index is 0.0636. The fraction of sp³-hybridized carbons (Fsp3) is 0.848. The number of hydrogen-bond donors (Lipinski definition) is 1. The number of esters is 1. The lowest BCUT2D eigenvalue weighted by atomic mass is 9.33. The predicted octanol–water partition coefficient (Wildman–Crippen LogP) is 7.37. The molecular formula is C33H50O5. The number of aliphatic carboxylic acids is 1. The van der Waals surface area contributed by atoms with Gasteiger partial charge in [0.15, 0.2) is 5.78 Å². The van der Waals surface area contributed by atoms with Gasteiger partial charge in [-0.1, -0.05) is 54.0 Å². The second-order valence-corrected chi connectivity index (χ2v) is 15.8. The first kappa shape index (κ1) is 27.9. The van der Waals surface area contributed by atoms with Gasteiger partial charge in [0.2, 0.25) is 0 Å². The maximum absolute atomic E-state index is 14.4. The maximum atomic E-state index is 14.4. The molecule has 0 aromatic rings. The summed E-state index contributed by atoms with van der Waals surface area (Å²) >= 11 is 0. The van der Waals surface area contributed by atoms with Crippen molar-refractivity contribution in [3.63, 3.8) is 0 Å². The van der Waals surface area contributed by atoms with Gasteiger partial charge in [0, 0.05) is 17.8 Å². The fourth-order valence-corrected chi connectivity index (χ4v) is 10.8. The van der Waals surface area contributed by atoms with E-state index in [9.17, 15) is 19.5 Å². The van der Waals surface area contributed by atoms with Crippen LogP contribution in [0.3, 0.4) is 0 Å². The SMILES string of the molecule is CCC(=O)O[C@H]1CC[C@@]2(C)C(CC[C@]3(C)[C@@H]2C(=O)C=C2[C@@H]4C[C@@](C)(C(=O)O)CC[C@]4(C)CC[C@]23C)C1(C)C. The fourth-order valence-electron chi connectivity index (χ4n) is 10.8.